The molecule has 1 fully saturated rings. The van der Waals surface area contributed by atoms with Gasteiger partial charge in [-0.2, -0.15) is 0 Å². The number of H-pyrrole nitrogens is 1. The lowest BCUT2D eigenvalue weighted by Gasteiger charge is -2.39. The third-order valence-corrected chi connectivity index (χ3v) is 4.10. The maximum atomic E-state index is 13.3. The number of likely N-dealkylation sites (tertiary alicyclic amines) is 1. The number of carbonyl (C=O) groups excluding carboxylic acids is 1. The SMILES string of the molecule is CC1CN(C(=O)C(CC(=O)O)c2c[nH]c3cc(F)ccc23)C1. The third-order valence-electron chi connectivity index (χ3n) is 4.10. The van der Waals surface area contributed by atoms with E-state index in [0.717, 1.165) is 0 Å². The Morgan fingerprint density at radius 3 is 2.82 bits per heavy atom. The molecule has 1 aliphatic heterocycles. The van der Waals surface area contributed by atoms with Gasteiger partial charge in [0.05, 0.1) is 12.3 Å². The van der Waals surface area contributed by atoms with Gasteiger partial charge in [0, 0.05) is 30.2 Å². The Kier molecular flexibility index (Phi) is 3.60. The average Bonchev–Trinajstić information content (AvgIpc) is 2.83. The Bertz CT molecular complexity index is 734. The van der Waals surface area contributed by atoms with E-state index in [1.54, 1.807) is 17.2 Å². The monoisotopic (exact) mass is 304 g/mol. The highest BCUT2D eigenvalue weighted by Gasteiger charge is 2.35. The summed E-state index contributed by atoms with van der Waals surface area (Å²) in [5.41, 5.74) is 1.18. The third kappa shape index (κ3) is 2.56. The molecule has 2 aromatic rings. The molecule has 1 unspecified atom stereocenters. The molecule has 2 heterocycles. The molecule has 1 saturated heterocycles. The van der Waals surface area contributed by atoms with Gasteiger partial charge in [0.15, 0.2) is 0 Å². The van der Waals surface area contributed by atoms with Gasteiger partial charge in [-0.05, 0) is 29.7 Å². The number of carboxylic acids is 1. The summed E-state index contributed by atoms with van der Waals surface area (Å²) in [6.45, 7) is 3.36. The van der Waals surface area contributed by atoms with Crippen molar-refractivity contribution in [2.24, 2.45) is 5.92 Å². The minimum absolute atomic E-state index is 0.175. The van der Waals surface area contributed by atoms with E-state index >= 15 is 0 Å². The number of halogens is 1. The quantitative estimate of drug-likeness (QED) is 0.910. The fourth-order valence-corrected chi connectivity index (χ4v) is 3.01. The average molecular weight is 304 g/mol. The summed E-state index contributed by atoms with van der Waals surface area (Å²) in [7, 11) is 0. The smallest absolute Gasteiger partial charge is 0.304 e. The molecule has 6 heteroatoms. The maximum absolute atomic E-state index is 13.3. The molecule has 0 saturated carbocycles. The Morgan fingerprint density at radius 2 is 2.18 bits per heavy atom. The zero-order valence-corrected chi connectivity index (χ0v) is 12.2. The van der Waals surface area contributed by atoms with Gasteiger partial charge in [-0.1, -0.05) is 6.92 Å². The van der Waals surface area contributed by atoms with Crippen LogP contribution in [0.2, 0.25) is 0 Å². The van der Waals surface area contributed by atoms with Crippen LogP contribution in [0.5, 0.6) is 0 Å². The fraction of sp³-hybridized carbons (Fsp3) is 0.375. The second-order valence-corrected chi connectivity index (χ2v) is 5.93. The summed E-state index contributed by atoms with van der Waals surface area (Å²) >= 11 is 0. The van der Waals surface area contributed by atoms with E-state index in [1.807, 2.05) is 6.92 Å². The minimum Gasteiger partial charge on any atom is -0.481 e. The highest BCUT2D eigenvalue weighted by Crippen LogP contribution is 2.32. The molecule has 0 radical (unpaired) electrons. The van der Waals surface area contributed by atoms with Gasteiger partial charge >= 0.3 is 5.97 Å². The number of carboxylic acid groups (broad SMARTS) is 1. The van der Waals surface area contributed by atoms with Gasteiger partial charge in [0.1, 0.15) is 5.82 Å². The van der Waals surface area contributed by atoms with Crippen LogP contribution < -0.4 is 0 Å². The zero-order valence-electron chi connectivity index (χ0n) is 12.2. The van der Waals surface area contributed by atoms with Crippen molar-refractivity contribution < 1.29 is 19.1 Å². The number of carbonyl (C=O) groups is 2. The van der Waals surface area contributed by atoms with Crippen molar-refractivity contribution in [1.82, 2.24) is 9.88 Å². The molecule has 1 aromatic carbocycles. The second-order valence-electron chi connectivity index (χ2n) is 5.93. The maximum Gasteiger partial charge on any atom is 0.304 e. The Morgan fingerprint density at radius 1 is 1.45 bits per heavy atom. The van der Waals surface area contributed by atoms with Crippen molar-refractivity contribution in [2.75, 3.05) is 13.1 Å². The number of benzene rings is 1. The number of aromatic nitrogens is 1. The van der Waals surface area contributed by atoms with Gasteiger partial charge in [-0.3, -0.25) is 9.59 Å². The molecule has 0 spiro atoms. The molecule has 1 amide bonds. The van der Waals surface area contributed by atoms with Crippen LogP contribution in [0.1, 0.15) is 24.8 Å². The highest BCUT2D eigenvalue weighted by atomic mass is 19.1. The van der Waals surface area contributed by atoms with E-state index in [1.165, 1.54) is 12.1 Å². The largest absolute Gasteiger partial charge is 0.481 e. The number of aromatic amines is 1. The van der Waals surface area contributed by atoms with Gasteiger partial charge in [0.2, 0.25) is 5.91 Å². The molecule has 1 aliphatic rings. The number of amides is 1. The molecule has 3 rings (SSSR count). The van der Waals surface area contributed by atoms with Crippen molar-refractivity contribution in [2.45, 2.75) is 19.3 Å². The molecule has 5 nitrogen and oxygen atoms in total. The predicted octanol–water partition coefficient (Wildman–Crippen LogP) is 2.34. The van der Waals surface area contributed by atoms with Crippen LogP contribution in [-0.2, 0) is 9.59 Å². The number of rotatable bonds is 4. The first kappa shape index (κ1) is 14.6. The summed E-state index contributed by atoms with van der Waals surface area (Å²) in [5, 5.41) is 9.82. The van der Waals surface area contributed by atoms with Gasteiger partial charge in [0.25, 0.3) is 0 Å². The van der Waals surface area contributed by atoms with E-state index in [0.29, 0.717) is 35.5 Å². The summed E-state index contributed by atoms with van der Waals surface area (Å²) < 4.78 is 13.3. The van der Waals surface area contributed by atoms with Gasteiger partial charge in [-0.25, -0.2) is 4.39 Å². The number of hydrogen-bond acceptors (Lipinski definition) is 2. The van der Waals surface area contributed by atoms with Crippen molar-refractivity contribution in [1.29, 1.82) is 0 Å². The van der Waals surface area contributed by atoms with E-state index < -0.39 is 11.9 Å². The van der Waals surface area contributed by atoms with Crippen LogP contribution in [0.15, 0.2) is 24.4 Å². The number of nitrogens with one attached hydrogen (secondary N) is 1. The standard InChI is InChI=1S/C16H17FN2O3/c1-9-7-19(8-9)16(22)12(5-15(20)21)13-6-18-14-4-10(17)2-3-11(13)14/h2-4,6,9,12,18H,5,7-8H2,1H3,(H,20,21). The van der Waals surface area contributed by atoms with E-state index in [2.05, 4.69) is 4.98 Å². The Balaban J connectivity index is 1.97. The topological polar surface area (TPSA) is 73.4 Å². The molecule has 22 heavy (non-hydrogen) atoms. The molecular formula is C16H17FN2O3. The second kappa shape index (κ2) is 5.44. The number of aliphatic carboxylic acids is 1. The van der Waals surface area contributed by atoms with Crippen LogP contribution in [-0.4, -0.2) is 40.0 Å². The number of hydrogen-bond donors (Lipinski definition) is 2. The van der Waals surface area contributed by atoms with E-state index in [-0.39, 0.29) is 18.1 Å². The first-order valence-electron chi connectivity index (χ1n) is 7.23. The molecule has 116 valence electrons. The van der Waals surface area contributed by atoms with Crippen molar-refractivity contribution in [3.05, 3.63) is 35.8 Å². The molecule has 2 N–H and O–H groups in total. The molecule has 1 aromatic heterocycles. The highest BCUT2D eigenvalue weighted by molar-refractivity contribution is 5.94. The van der Waals surface area contributed by atoms with Crippen LogP contribution in [0, 0.1) is 11.7 Å². The van der Waals surface area contributed by atoms with Crippen LogP contribution in [0.4, 0.5) is 4.39 Å². The van der Waals surface area contributed by atoms with Crippen molar-refractivity contribution in [3.63, 3.8) is 0 Å². The first-order chi connectivity index (χ1) is 10.5. The van der Waals surface area contributed by atoms with Gasteiger partial charge < -0.3 is 15.0 Å². The molecular weight excluding hydrogens is 287 g/mol. The molecule has 0 bridgehead atoms. The van der Waals surface area contributed by atoms with Crippen LogP contribution in [0.25, 0.3) is 10.9 Å². The normalized spacial score (nSPS) is 16.5. The lowest BCUT2D eigenvalue weighted by Crippen LogP contribution is -2.50. The summed E-state index contributed by atoms with van der Waals surface area (Å²) in [6, 6.07) is 4.23. The molecule has 1 atom stereocenters. The van der Waals surface area contributed by atoms with E-state index in [9.17, 15) is 14.0 Å². The summed E-state index contributed by atoms with van der Waals surface area (Å²) in [4.78, 5) is 28.3. The van der Waals surface area contributed by atoms with Gasteiger partial charge in [-0.15, -0.1) is 0 Å². The van der Waals surface area contributed by atoms with Crippen molar-refractivity contribution in [3.8, 4) is 0 Å². The van der Waals surface area contributed by atoms with Crippen LogP contribution >= 0.6 is 0 Å². The minimum atomic E-state index is -1.02. The van der Waals surface area contributed by atoms with Crippen molar-refractivity contribution >= 4 is 22.8 Å². The lowest BCUT2D eigenvalue weighted by molar-refractivity contribution is -0.145. The Labute approximate surface area is 126 Å². The Hall–Kier alpha value is -2.37. The fourth-order valence-electron chi connectivity index (χ4n) is 3.01. The summed E-state index contributed by atoms with van der Waals surface area (Å²) in [5.74, 6) is -1.87. The number of nitrogens with zero attached hydrogens (tertiary/aromatic N) is 1. The zero-order chi connectivity index (χ0) is 15.9. The predicted molar refractivity (Wildman–Crippen MR) is 79.0 cm³/mol. The van der Waals surface area contributed by atoms with E-state index in [4.69, 9.17) is 5.11 Å². The molecule has 0 aliphatic carbocycles. The first-order valence-corrected chi connectivity index (χ1v) is 7.23. The lowest BCUT2D eigenvalue weighted by atomic mass is 9.91. The number of fused-ring (bicyclic) bond motifs is 1. The summed E-state index contributed by atoms with van der Waals surface area (Å²) in [6.07, 6.45) is 1.34. The van der Waals surface area contributed by atoms with Crippen LogP contribution in [0.3, 0.4) is 0 Å².